The molecule has 2 unspecified atom stereocenters. The van der Waals surface area contributed by atoms with Gasteiger partial charge in [-0.3, -0.25) is 0 Å². The summed E-state index contributed by atoms with van der Waals surface area (Å²) in [6.07, 6.45) is 1.20. The fraction of sp³-hybridized carbons (Fsp3) is 0.455. The summed E-state index contributed by atoms with van der Waals surface area (Å²) in [7, 11) is 0. The van der Waals surface area contributed by atoms with Gasteiger partial charge in [-0.25, -0.2) is 0 Å². The number of benzene rings is 1. The van der Waals surface area contributed by atoms with Gasteiger partial charge in [0.15, 0.2) is 0 Å². The normalized spacial score (nSPS) is 26.8. The van der Waals surface area contributed by atoms with Crippen LogP contribution in [0, 0.1) is 5.92 Å². The molecule has 0 aliphatic carbocycles. The second-order valence-corrected chi connectivity index (χ2v) is 4.63. The summed E-state index contributed by atoms with van der Waals surface area (Å²) in [6, 6.07) is 6.19. The molecule has 1 heterocycles. The highest BCUT2D eigenvalue weighted by molar-refractivity contribution is 6.42. The van der Waals surface area contributed by atoms with Crippen molar-refractivity contribution in [2.45, 2.75) is 19.4 Å². The van der Waals surface area contributed by atoms with Crippen LogP contribution in [-0.2, 0) is 0 Å². The molecule has 1 fully saturated rings. The van der Waals surface area contributed by atoms with Gasteiger partial charge in [-0.05, 0) is 30.5 Å². The molecule has 1 N–H and O–H groups in total. The predicted molar refractivity (Wildman–Crippen MR) is 61.0 cm³/mol. The molecule has 2 rings (SSSR count). The second-order valence-electron chi connectivity index (χ2n) is 3.84. The minimum atomic E-state index is 0.362. The van der Waals surface area contributed by atoms with E-state index < -0.39 is 0 Å². The SMILES string of the molecule is CC1CCNC1c1cccc(Cl)c1Cl. The van der Waals surface area contributed by atoms with E-state index in [2.05, 4.69) is 12.2 Å². The first-order chi connectivity index (χ1) is 6.70. The van der Waals surface area contributed by atoms with Crippen LogP contribution < -0.4 is 5.32 Å². The Labute approximate surface area is 94.4 Å². The van der Waals surface area contributed by atoms with Crippen LogP contribution in [0.5, 0.6) is 0 Å². The number of hydrogen-bond donors (Lipinski definition) is 1. The van der Waals surface area contributed by atoms with Crippen molar-refractivity contribution in [3.05, 3.63) is 33.8 Å². The Hall–Kier alpha value is -0.240. The highest BCUT2D eigenvalue weighted by Gasteiger charge is 2.26. The van der Waals surface area contributed by atoms with Crippen LogP contribution in [0.15, 0.2) is 18.2 Å². The fourth-order valence-electron chi connectivity index (χ4n) is 2.01. The molecule has 1 aliphatic rings. The highest BCUT2D eigenvalue weighted by Crippen LogP contribution is 2.36. The summed E-state index contributed by atoms with van der Waals surface area (Å²) in [4.78, 5) is 0. The van der Waals surface area contributed by atoms with Crippen LogP contribution in [0.1, 0.15) is 24.9 Å². The largest absolute Gasteiger partial charge is 0.310 e. The average Bonchev–Trinajstić information content (AvgIpc) is 2.57. The van der Waals surface area contributed by atoms with Gasteiger partial charge in [0.2, 0.25) is 0 Å². The predicted octanol–water partition coefficient (Wildman–Crippen LogP) is 3.66. The van der Waals surface area contributed by atoms with Gasteiger partial charge in [0.05, 0.1) is 10.0 Å². The molecule has 1 aromatic carbocycles. The van der Waals surface area contributed by atoms with E-state index in [0.717, 1.165) is 12.1 Å². The number of halogens is 2. The van der Waals surface area contributed by atoms with E-state index in [1.807, 2.05) is 18.2 Å². The molecule has 1 saturated heterocycles. The van der Waals surface area contributed by atoms with Crippen LogP contribution in [0.2, 0.25) is 10.0 Å². The first-order valence-corrected chi connectivity index (χ1v) is 5.63. The third kappa shape index (κ3) is 1.77. The lowest BCUT2D eigenvalue weighted by molar-refractivity contribution is 0.504. The topological polar surface area (TPSA) is 12.0 Å². The third-order valence-corrected chi connectivity index (χ3v) is 3.68. The monoisotopic (exact) mass is 229 g/mol. The second kappa shape index (κ2) is 4.09. The van der Waals surface area contributed by atoms with Crippen LogP contribution >= 0.6 is 23.2 Å². The van der Waals surface area contributed by atoms with Crippen molar-refractivity contribution in [2.24, 2.45) is 5.92 Å². The Kier molecular flexibility index (Phi) is 3.01. The number of rotatable bonds is 1. The zero-order valence-corrected chi connectivity index (χ0v) is 9.57. The standard InChI is InChI=1S/C11H13Cl2N/c1-7-5-6-14-11(7)8-3-2-4-9(12)10(8)13/h2-4,7,11,14H,5-6H2,1H3. The van der Waals surface area contributed by atoms with Gasteiger partial charge >= 0.3 is 0 Å². The molecule has 0 aromatic heterocycles. The zero-order valence-electron chi connectivity index (χ0n) is 8.06. The van der Waals surface area contributed by atoms with Crippen LogP contribution in [0.3, 0.4) is 0 Å². The number of nitrogens with one attached hydrogen (secondary N) is 1. The maximum absolute atomic E-state index is 6.17. The van der Waals surface area contributed by atoms with E-state index >= 15 is 0 Å². The molecule has 0 bridgehead atoms. The molecule has 3 heteroatoms. The summed E-state index contributed by atoms with van der Waals surface area (Å²) in [5.74, 6) is 0.631. The molecule has 1 nitrogen and oxygen atoms in total. The molecule has 0 saturated carbocycles. The van der Waals surface area contributed by atoms with Gasteiger partial charge in [0.25, 0.3) is 0 Å². The molecule has 2 atom stereocenters. The van der Waals surface area contributed by atoms with Crippen LogP contribution in [0.4, 0.5) is 0 Å². The lowest BCUT2D eigenvalue weighted by Crippen LogP contribution is -2.16. The first kappa shape index (κ1) is 10.3. The van der Waals surface area contributed by atoms with Crippen LogP contribution in [0.25, 0.3) is 0 Å². The first-order valence-electron chi connectivity index (χ1n) is 4.87. The molecule has 0 radical (unpaired) electrons. The van der Waals surface area contributed by atoms with E-state index in [9.17, 15) is 0 Å². The maximum Gasteiger partial charge on any atom is 0.0640 e. The van der Waals surface area contributed by atoms with Crippen molar-refractivity contribution in [1.29, 1.82) is 0 Å². The summed E-state index contributed by atoms with van der Waals surface area (Å²) < 4.78 is 0. The van der Waals surface area contributed by atoms with E-state index in [1.54, 1.807) is 0 Å². The molecule has 14 heavy (non-hydrogen) atoms. The lowest BCUT2D eigenvalue weighted by Gasteiger charge is -2.17. The van der Waals surface area contributed by atoms with E-state index in [1.165, 1.54) is 6.42 Å². The Bertz CT molecular complexity index is 338. The molecule has 76 valence electrons. The quantitative estimate of drug-likeness (QED) is 0.776. The Morgan fingerprint density at radius 1 is 1.36 bits per heavy atom. The Morgan fingerprint density at radius 2 is 2.14 bits per heavy atom. The Morgan fingerprint density at radius 3 is 2.79 bits per heavy atom. The average molecular weight is 230 g/mol. The third-order valence-electron chi connectivity index (χ3n) is 2.85. The van der Waals surface area contributed by atoms with Gasteiger partial charge < -0.3 is 5.32 Å². The van der Waals surface area contributed by atoms with Gasteiger partial charge in [0, 0.05) is 6.04 Å². The highest BCUT2D eigenvalue weighted by atomic mass is 35.5. The number of hydrogen-bond acceptors (Lipinski definition) is 1. The summed E-state index contributed by atoms with van der Waals surface area (Å²) in [6.45, 7) is 3.30. The zero-order chi connectivity index (χ0) is 10.1. The minimum absolute atomic E-state index is 0.362. The van der Waals surface area contributed by atoms with E-state index in [-0.39, 0.29) is 0 Å². The molecular formula is C11H13Cl2N. The van der Waals surface area contributed by atoms with Gasteiger partial charge in [0.1, 0.15) is 0 Å². The molecule has 1 aromatic rings. The van der Waals surface area contributed by atoms with Crippen molar-refractivity contribution in [1.82, 2.24) is 5.32 Å². The lowest BCUT2D eigenvalue weighted by atomic mass is 9.96. The van der Waals surface area contributed by atoms with E-state index in [0.29, 0.717) is 22.0 Å². The minimum Gasteiger partial charge on any atom is -0.310 e. The molecule has 0 spiro atoms. The van der Waals surface area contributed by atoms with Gasteiger partial charge in [-0.15, -0.1) is 0 Å². The summed E-state index contributed by atoms with van der Waals surface area (Å²) >= 11 is 12.1. The van der Waals surface area contributed by atoms with Crippen molar-refractivity contribution >= 4 is 23.2 Å². The van der Waals surface area contributed by atoms with Crippen molar-refractivity contribution in [2.75, 3.05) is 6.54 Å². The molecular weight excluding hydrogens is 217 g/mol. The van der Waals surface area contributed by atoms with Crippen LogP contribution in [-0.4, -0.2) is 6.54 Å². The smallest absolute Gasteiger partial charge is 0.0640 e. The maximum atomic E-state index is 6.17. The van der Waals surface area contributed by atoms with E-state index in [4.69, 9.17) is 23.2 Å². The van der Waals surface area contributed by atoms with Gasteiger partial charge in [-0.2, -0.15) is 0 Å². The fourth-order valence-corrected chi connectivity index (χ4v) is 2.44. The molecule has 1 aliphatic heterocycles. The summed E-state index contributed by atoms with van der Waals surface area (Å²) in [5.41, 5.74) is 1.13. The van der Waals surface area contributed by atoms with Crippen molar-refractivity contribution in [3.8, 4) is 0 Å². The van der Waals surface area contributed by atoms with Crippen molar-refractivity contribution in [3.63, 3.8) is 0 Å². The van der Waals surface area contributed by atoms with Crippen molar-refractivity contribution < 1.29 is 0 Å². The molecule has 0 amide bonds. The summed E-state index contributed by atoms with van der Waals surface area (Å²) in [5, 5.41) is 4.79. The van der Waals surface area contributed by atoms with Gasteiger partial charge in [-0.1, -0.05) is 42.3 Å². The Balaban J connectivity index is 2.36.